The van der Waals surface area contributed by atoms with E-state index in [2.05, 4.69) is 15.6 Å². The Bertz CT molecular complexity index is 1070. The molecule has 3 rings (SSSR count). The van der Waals surface area contributed by atoms with Crippen molar-refractivity contribution >= 4 is 44.2 Å². The third-order valence-electron chi connectivity index (χ3n) is 4.33. The Morgan fingerprint density at radius 3 is 2.39 bits per heavy atom. The van der Waals surface area contributed by atoms with Crippen LogP contribution >= 0.6 is 11.3 Å². The van der Waals surface area contributed by atoms with Crippen LogP contribution in [0.1, 0.15) is 13.8 Å². The second-order valence-corrected chi connectivity index (χ2v) is 7.61. The fraction of sp³-hybridized carbons (Fsp3) is 0.286. The van der Waals surface area contributed by atoms with E-state index in [1.165, 1.54) is 17.4 Å². The van der Waals surface area contributed by atoms with E-state index in [1.54, 1.807) is 11.8 Å². The van der Waals surface area contributed by atoms with Crippen LogP contribution in [0.5, 0.6) is 5.75 Å². The van der Waals surface area contributed by atoms with E-state index in [0.29, 0.717) is 18.3 Å². The van der Waals surface area contributed by atoms with Crippen LogP contribution < -0.4 is 15.4 Å². The van der Waals surface area contributed by atoms with Crippen LogP contribution in [-0.2, 0) is 9.59 Å². The Morgan fingerprint density at radius 1 is 1.06 bits per heavy atom. The van der Waals surface area contributed by atoms with E-state index in [4.69, 9.17) is 4.74 Å². The molecule has 31 heavy (non-hydrogen) atoms. The lowest BCUT2D eigenvalue weighted by Gasteiger charge is -2.19. The number of para-hydroxylation sites is 1. The molecule has 2 aromatic carbocycles. The quantitative estimate of drug-likeness (QED) is 0.519. The molecule has 1 aromatic heterocycles. The summed E-state index contributed by atoms with van der Waals surface area (Å²) in [7, 11) is 0. The van der Waals surface area contributed by atoms with Gasteiger partial charge in [-0.25, -0.2) is 13.8 Å². The highest BCUT2D eigenvalue weighted by Gasteiger charge is 2.17. The van der Waals surface area contributed by atoms with Crippen molar-refractivity contribution < 1.29 is 23.1 Å². The summed E-state index contributed by atoms with van der Waals surface area (Å²) in [6.07, 6.45) is 0. The Labute approximate surface area is 182 Å². The van der Waals surface area contributed by atoms with Gasteiger partial charge in [0.2, 0.25) is 11.8 Å². The Kier molecular flexibility index (Phi) is 7.48. The van der Waals surface area contributed by atoms with Gasteiger partial charge in [0.05, 0.1) is 29.9 Å². The molecule has 2 amide bonds. The zero-order valence-electron chi connectivity index (χ0n) is 17.1. The van der Waals surface area contributed by atoms with E-state index in [9.17, 15) is 18.4 Å². The molecule has 0 fully saturated rings. The summed E-state index contributed by atoms with van der Waals surface area (Å²) in [6, 6.07) is 8.81. The zero-order valence-corrected chi connectivity index (χ0v) is 17.9. The first-order chi connectivity index (χ1) is 14.9. The maximum atomic E-state index is 13.7. The summed E-state index contributed by atoms with van der Waals surface area (Å²) in [6.45, 7) is 4.33. The first-order valence-corrected chi connectivity index (χ1v) is 10.5. The number of carbonyl (C=O) groups excluding carboxylic acids is 2. The summed E-state index contributed by atoms with van der Waals surface area (Å²) in [4.78, 5) is 30.5. The number of fused-ring (bicyclic) bond motifs is 1. The Balaban J connectivity index is 1.58. The van der Waals surface area contributed by atoms with E-state index in [0.717, 1.165) is 28.1 Å². The van der Waals surface area contributed by atoms with Gasteiger partial charge < -0.3 is 15.4 Å². The number of halogens is 2. The van der Waals surface area contributed by atoms with Crippen LogP contribution in [-0.4, -0.2) is 47.9 Å². The highest BCUT2D eigenvalue weighted by Crippen LogP contribution is 2.29. The van der Waals surface area contributed by atoms with Gasteiger partial charge in [0, 0.05) is 0 Å². The molecule has 0 aliphatic heterocycles. The topological polar surface area (TPSA) is 83.6 Å². The molecule has 0 saturated carbocycles. The highest BCUT2D eigenvalue weighted by molar-refractivity contribution is 7.22. The maximum Gasteiger partial charge on any atom is 0.240 e. The second kappa shape index (κ2) is 10.3. The number of hydrogen-bond donors (Lipinski definition) is 2. The molecule has 10 heteroatoms. The summed E-state index contributed by atoms with van der Waals surface area (Å²) < 4.78 is 33.7. The molecule has 0 aliphatic rings. The Morgan fingerprint density at radius 2 is 1.74 bits per heavy atom. The smallest absolute Gasteiger partial charge is 0.240 e. The lowest BCUT2D eigenvalue weighted by molar-refractivity contribution is -0.119. The molecule has 2 N–H and O–H groups in total. The minimum atomic E-state index is -0.863. The molecule has 164 valence electrons. The molecule has 3 aromatic rings. The lowest BCUT2D eigenvalue weighted by atomic mass is 10.3. The van der Waals surface area contributed by atoms with Crippen molar-refractivity contribution in [3.63, 3.8) is 0 Å². The monoisotopic (exact) mass is 448 g/mol. The van der Waals surface area contributed by atoms with Crippen LogP contribution in [0.2, 0.25) is 0 Å². The van der Waals surface area contributed by atoms with Gasteiger partial charge in [-0.05, 0) is 43.8 Å². The van der Waals surface area contributed by atoms with Crippen LogP contribution in [0.4, 0.5) is 19.6 Å². The third kappa shape index (κ3) is 5.96. The fourth-order valence-corrected chi connectivity index (χ4v) is 3.77. The van der Waals surface area contributed by atoms with Crippen LogP contribution in [0, 0.1) is 11.6 Å². The Hall–Kier alpha value is -3.11. The highest BCUT2D eigenvalue weighted by atomic mass is 32.1. The van der Waals surface area contributed by atoms with Crippen molar-refractivity contribution in [3.8, 4) is 5.75 Å². The number of amides is 2. The first kappa shape index (κ1) is 22.6. The minimum Gasteiger partial charge on any atom is -0.494 e. The van der Waals surface area contributed by atoms with E-state index >= 15 is 0 Å². The van der Waals surface area contributed by atoms with Gasteiger partial charge in [-0.15, -0.1) is 0 Å². The molecule has 0 atom stereocenters. The van der Waals surface area contributed by atoms with Crippen LogP contribution in [0.15, 0.2) is 36.4 Å². The van der Waals surface area contributed by atoms with Gasteiger partial charge in [-0.1, -0.05) is 24.3 Å². The zero-order chi connectivity index (χ0) is 22.4. The number of anilines is 2. The van der Waals surface area contributed by atoms with Crippen molar-refractivity contribution in [1.29, 1.82) is 0 Å². The lowest BCUT2D eigenvalue weighted by Crippen LogP contribution is -2.38. The largest absolute Gasteiger partial charge is 0.494 e. The molecule has 1 heterocycles. The van der Waals surface area contributed by atoms with Crippen molar-refractivity contribution in [3.05, 3.63) is 48.0 Å². The SMILES string of the molecule is CCOc1ccc2nc(NC(=O)CN(CC)CC(=O)Nc3c(F)cccc3F)sc2c1. The number of nitrogens with zero attached hydrogens (tertiary/aromatic N) is 2. The van der Waals surface area contributed by atoms with E-state index < -0.39 is 23.2 Å². The van der Waals surface area contributed by atoms with E-state index in [-0.39, 0.29) is 19.0 Å². The summed E-state index contributed by atoms with van der Waals surface area (Å²) in [5, 5.41) is 5.37. The van der Waals surface area contributed by atoms with Crippen LogP contribution in [0.25, 0.3) is 10.2 Å². The number of carbonyl (C=O) groups is 2. The van der Waals surface area contributed by atoms with Crippen LogP contribution in [0.3, 0.4) is 0 Å². The molecule has 7 nitrogen and oxygen atoms in total. The van der Waals surface area contributed by atoms with E-state index in [1.807, 2.05) is 25.1 Å². The number of aromatic nitrogens is 1. The molecule has 0 saturated heterocycles. The van der Waals surface area contributed by atoms with Gasteiger partial charge >= 0.3 is 0 Å². The predicted molar refractivity (Wildman–Crippen MR) is 117 cm³/mol. The predicted octanol–water partition coefficient (Wildman–Crippen LogP) is 3.87. The number of ether oxygens (including phenoxy) is 1. The molecular formula is C21H22F2N4O3S. The van der Waals surface area contributed by atoms with Crippen molar-refractivity contribution in [2.75, 3.05) is 36.9 Å². The first-order valence-electron chi connectivity index (χ1n) is 9.69. The number of benzene rings is 2. The number of nitrogens with one attached hydrogen (secondary N) is 2. The standard InChI is InChI=1S/C21H22F2N4O3S/c1-3-27(11-18(28)25-20-14(22)6-5-7-15(20)23)12-19(29)26-21-24-16-9-8-13(30-4-2)10-17(16)31-21/h5-10H,3-4,11-12H2,1-2H3,(H,25,28)(H,24,26,29). The summed E-state index contributed by atoms with van der Waals surface area (Å²) in [5.74, 6) is -1.97. The van der Waals surface area contributed by atoms with Crippen molar-refractivity contribution in [2.45, 2.75) is 13.8 Å². The van der Waals surface area contributed by atoms with Gasteiger partial charge in [-0.3, -0.25) is 14.5 Å². The number of rotatable bonds is 9. The van der Waals surface area contributed by atoms with Crippen molar-refractivity contribution in [2.24, 2.45) is 0 Å². The minimum absolute atomic E-state index is 0.0796. The second-order valence-electron chi connectivity index (χ2n) is 6.58. The molecule has 0 bridgehead atoms. The maximum absolute atomic E-state index is 13.7. The van der Waals surface area contributed by atoms with Gasteiger partial charge in [0.15, 0.2) is 5.13 Å². The molecule has 0 unspecified atom stereocenters. The number of hydrogen-bond acceptors (Lipinski definition) is 6. The molecule has 0 radical (unpaired) electrons. The average molecular weight is 448 g/mol. The third-order valence-corrected chi connectivity index (χ3v) is 5.26. The average Bonchev–Trinajstić information content (AvgIpc) is 3.12. The normalized spacial score (nSPS) is 11.0. The molecule has 0 aliphatic carbocycles. The number of likely N-dealkylation sites (N-methyl/N-ethyl adjacent to an activating group) is 1. The van der Waals surface area contributed by atoms with Crippen molar-refractivity contribution in [1.82, 2.24) is 9.88 Å². The number of thiazole rings is 1. The molecular weight excluding hydrogens is 426 g/mol. The fourth-order valence-electron chi connectivity index (χ4n) is 2.86. The van der Waals surface area contributed by atoms with Gasteiger partial charge in [0.25, 0.3) is 0 Å². The van der Waals surface area contributed by atoms with Gasteiger partial charge in [0.1, 0.15) is 23.1 Å². The van der Waals surface area contributed by atoms with Gasteiger partial charge in [-0.2, -0.15) is 0 Å². The summed E-state index contributed by atoms with van der Waals surface area (Å²) in [5.41, 5.74) is 0.233. The summed E-state index contributed by atoms with van der Waals surface area (Å²) >= 11 is 1.32. The molecule has 0 spiro atoms.